The highest BCUT2D eigenvalue weighted by Crippen LogP contribution is 2.34. The summed E-state index contributed by atoms with van der Waals surface area (Å²) in [5, 5.41) is 9.05. The SMILES string of the molecule is Cc1ccc(-c2nnc(C(C)Sc3nc(C)cc(-c4ccccc4)n3)o2)cc1. The van der Waals surface area contributed by atoms with Gasteiger partial charge in [0.2, 0.25) is 11.8 Å². The van der Waals surface area contributed by atoms with Crippen molar-refractivity contribution in [3.05, 3.63) is 77.8 Å². The van der Waals surface area contributed by atoms with E-state index in [2.05, 4.69) is 15.2 Å². The van der Waals surface area contributed by atoms with Crippen LogP contribution in [0.3, 0.4) is 0 Å². The van der Waals surface area contributed by atoms with Gasteiger partial charge in [0.25, 0.3) is 0 Å². The largest absolute Gasteiger partial charge is 0.419 e. The molecule has 0 radical (unpaired) electrons. The van der Waals surface area contributed by atoms with Crippen LogP contribution in [0.15, 0.2) is 70.2 Å². The van der Waals surface area contributed by atoms with Crippen LogP contribution < -0.4 is 0 Å². The Morgan fingerprint density at radius 1 is 0.857 bits per heavy atom. The number of benzene rings is 2. The van der Waals surface area contributed by atoms with Crippen molar-refractivity contribution in [1.82, 2.24) is 20.2 Å². The van der Waals surface area contributed by atoms with Crippen LogP contribution >= 0.6 is 11.8 Å². The summed E-state index contributed by atoms with van der Waals surface area (Å²) in [6.45, 7) is 6.04. The summed E-state index contributed by atoms with van der Waals surface area (Å²) in [4.78, 5) is 9.27. The first kappa shape index (κ1) is 18.4. The van der Waals surface area contributed by atoms with Crippen molar-refractivity contribution in [3.8, 4) is 22.7 Å². The van der Waals surface area contributed by atoms with Crippen LogP contribution in [0.5, 0.6) is 0 Å². The molecule has 0 aliphatic carbocycles. The molecule has 5 nitrogen and oxygen atoms in total. The number of rotatable bonds is 5. The van der Waals surface area contributed by atoms with Gasteiger partial charge in [-0.05, 0) is 39.0 Å². The van der Waals surface area contributed by atoms with Crippen molar-refractivity contribution < 1.29 is 4.42 Å². The fourth-order valence-corrected chi connectivity index (χ4v) is 3.63. The summed E-state index contributed by atoms with van der Waals surface area (Å²) < 4.78 is 5.89. The first-order chi connectivity index (χ1) is 13.6. The molecule has 0 saturated carbocycles. The molecule has 2 heterocycles. The van der Waals surface area contributed by atoms with Gasteiger partial charge in [0.15, 0.2) is 5.16 Å². The second-order valence-corrected chi connectivity index (χ2v) is 7.92. The Balaban J connectivity index is 1.55. The van der Waals surface area contributed by atoms with Gasteiger partial charge < -0.3 is 4.42 Å². The molecule has 4 rings (SSSR count). The van der Waals surface area contributed by atoms with Crippen molar-refractivity contribution in [2.24, 2.45) is 0 Å². The molecule has 0 fully saturated rings. The summed E-state index contributed by atoms with van der Waals surface area (Å²) in [7, 11) is 0. The standard InChI is InChI=1S/C22H20N4OS/c1-14-9-11-18(12-10-14)21-26-25-20(27-21)16(3)28-22-23-15(2)13-19(24-22)17-7-5-4-6-8-17/h4-13,16H,1-3H3. The molecular weight excluding hydrogens is 368 g/mol. The fraction of sp³-hybridized carbons (Fsp3) is 0.182. The molecule has 1 unspecified atom stereocenters. The van der Waals surface area contributed by atoms with Crippen molar-refractivity contribution >= 4 is 11.8 Å². The third kappa shape index (κ3) is 4.12. The van der Waals surface area contributed by atoms with E-state index in [0.717, 1.165) is 22.5 Å². The van der Waals surface area contributed by atoms with Crippen LogP contribution in [-0.4, -0.2) is 20.2 Å². The van der Waals surface area contributed by atoms with Crippen LogP contribution in [0, 0.1) is 13.8 Å². The number of aromatic nitrogens is 4. The lowest BCUT2D eigenvalue weighted by atomic mass is 10.1. The average molecular weight is 388 g/mol. The number of hydrogen-bond acceptors (Lipinski definition) is 6. The summed E-state index contributed by atoms with van der Waals surface area (Å²) in [5.74, 6) is 1.09. The number of nitrogens with zero attached hydrogens (tertiary/aromatic N) is 4. The summed E-state index contributed by atoms with van der Waals surface area (Å²) in [5.41, 5.74) is 5.02. The smallest absolute Gasteiger partial charge is 0.247 e. The molecule has 0 saturated heterocycles. The maximum absolute atomic E-state index is 5.89. The third-order valence-corrected chi connectivity index (χ3v) is 5.22. The second-order valence-electron chi connectivity index (χ2n) is 6.61. The van der Waals surface area contributed by atoms with Gasteiger partial charge in [0.05, 0.1) is 10.9 Å². The molecule has 0 aliphatic heterocycles. The summed E-state index contributed by atoms with van der Waals surface area (Å²) in [6.07, 6.45) is 0. The highest BCUT2D eigenvalue weighted by atomic mass is 32.2. The van der Waals surface area contributed by atoms with E-state index in [1.807, 2.05) is 81.4 Å². The van der Waals surface area contributed by atoms with Gasteiger partial charge >= 0.3 is 0 Å². The molecule has 4 aromatic rings. The lowest BCUT2D eigenvalue weighted by Crippen LogP contribution is -1.96. The number of aryl methyl sites for hydroxylation is 2. The molecule has 0 aliphatic rings. The van der Waals surface area contributed by atoms with Crippen LogP contribution in [-0.2, 0) is 0 Å². The topological polar surface area (TPSA) is 64.7 Å². The van der Waals surface area contributed by atoms with Crippen molar-refractivity contribution in [2.45, 2.75) is 31.2 Å². The van der Waals surface area contributed by atoms with E-state index < -0.39 is 0 Å². The van der Waals surface area contributed by atoms with Crippen molar-refractivity contribution in [1.29, 1.82) is 0 Å². The molecule has 0 amide bonds. The Morgan fingerprint density at radius 3 is 2.36 bits per heavy atom. The number of hydrogen-bond donors (Lipinski definition) is 0. The fourth-order valence-electron chi connectivity index (χ4n) is 2.77. The van der Waals surface area contributed by atoms with E-state index in [1.54, 1.807) is 0 Å². The lowest BCUT2D eigenvalue weighted by molar-refractivity contribution is 0.509. The van der Waals surface area contributed by atoms with Gasteiger partial charge in [-0.25, -0.2) is 9.97 Å². The van der Waals surface area contributed by atoms with Crippen molar-refractivity contribution in [2.75, 3.05) is 0 Å². The predicted octanol–water partition coefficient (Wildman–Crippen LogP) is 5.66. The lowest BCUT2D eigenvalue weighted by Gasteiger charge is -2.08. The molecule has 140 valence electrons. The van der Waals surface area contributed by atoms with Gasteiger partial charge in [-0.15, -0.1) is 10.2 Å². The minimum absolute atomic E-state index is 0.0582. The maximum Gasteiger partial charge on any atom is 0.247 e. The highest BCUT2D eigenvalue weighted by molar-refractivity contribution is 7.99. The monoisotopic (exact) mass is 388 g/mol. The zero-order valence-electron chi connectivity index (χ0n) is 16.0. The normalized spacial score (nSPS) is 12.1. The van der Waals surface area contributed by atoms with Crippen LogP contribution in [0.1, 0.15) is 29.3 Å². The molecule has 6 heteroatoms. The molecular formula is C22H20N4OS. The summed E-state index contributed by atoms with van der Waals surface area (Å²) in [6, 6.07) is 20.1. The molecule has 0 bridgehead atoms. The van der Waals surface area contributed by atoms with Gasteiger partial charge in [-0.1, -0.05) is 59.8 Å². The zero-order chi connectivity index (χ0) is 19.5. The minimum atomic E-state index is -0.0582. The Hall–Kier alpha value is -2.99. The number of thioether (sulfide) groups is 1. The van der Waals surface area contributed by atoms with Gasteiger partial charge in [0, 0.05) is 16.8 Å². The quantitative estimate of drug-likeness (QED) is 0.324. The first-order valence-electron chi connectivity index (χ1n) is 9.07. The molecule has 0 N–H and O–H groups in total. The Kier molecular flexibility index (Phi) is 5.21. The molecule has 28 heavy (non-hydrogen) atoms. The molecule has 1 atom stereocenters. The van der Waals surface area contributed by atoms with Crippen molar-refractivity contribution in [3.63, 3.8) is 0 Å². The zero-order valence-corrected chi connectivity index (χ0v) is 16.8. The minimum Gasteiger partial charge on any atom is -0.419 e. The molecule has 2 aromatic heterocycles. The Labute approximate surface area is 168 Å². The molecule has 2 aromatic carbocycles. The van der Waals surface area contributed by atoms with Crippen LogP contribution in [0.4, 0.5) is 0 Å². The van der Waals surface area contributed by atoms with Gasteiger partial charge in [-0.3, -0.25) is 0 Å². The maximum atomic E-state index is 5.89. The van der Waals surface area contributed by atoms with E-state index >= 15 is 0 Å². The van der Waals surface area contributed by atoms with E-state index in [1.165, 1.54) is 17.3 Å². The first-order valence-corrected chi connectivity index (χ1v) is 9.94. The summed E-state index contributed by atoms with van der Waals surface area (Å²) >= 11 is 1.51. The Morgan fingerprint density at radius 2 is 1.61 bits per heavy atom. The average Bonchev–Trinajstić information content (AvgIpc) is 3.19. The van der Waals surface area contributed by atoms with Crippen LogP contribution in [0.25, 0.3) is 22.7 Å². The van der Waals surface area contributed by atoms with Crippen LogP contribution in [0.2, 0.25) is 0 Å². The van der Waals surface area contributed by atoms with E-state index in [0.29, 0.717) is 16.9 Å². The van der Waals surface area contributed by atoms with Gasteiger partial charge in [0.1, 0.15) is 0 Å². The highest BCUT2D eigenvalue weighted by Gasteiger charge is 2.18. The Bertz CT molecular complexity index is 1080. The van der Waals surface area contributed by atoms with E-state index in [9.17, 15) is 0 Å². The van der Waals surface area contributed by atoms with E-state index in [-0.39, 0.29) is 5.25 Å². The predicted molar refractivity (Wildman–Crippen MR) is 111 cm³/mol. The van der Waals surface area contributed by atoms with E-state index in [4.69, 9.17) is 9.40 Å². The molecule has 0 spiro atoms. The van der Waals surface area contributed by atoms with Gasteiger partial charge in [-0.2, -0.15) is 0 Å². The third-order valence-electron chi connectivity index (χ3n) is 4.27. The second kappa shape index (κ2) is 7.94.